The summed E-state index contributed by atoms with van der Waals surface area (Å²) >= 11 is 0. The summed E-state index contributed by atoms with van der Waals surface area (Å²) in [6.45, 7) is 7.43. The highest BCUT2D eigenvalue weighted by atomic mass is 16.5. The Morgan fingerprint density at radius 2 is 1.54 bits per heavy atom. The Hall–Kier alpha value is -3.68. The van der Waals surface area contributed by atoms with Crippen LogP contribution in [0.3, 0.4) is 0 Å². The summed E-state index contributed by atoms with van der Waals surface area (Å²) in [4.78, 5) is 30.8. The normalized spacial score (nSPS) is 15.1. The second-order valence-electron chi connectivity index (χ2n) is 9.87. The SMILES string of the molecule is COc1ccccc1-n1nnc(C(=O)N2CCCCCCCN(C(=O)C(C)C)c3ccccc3C2)c1C. The zero-order valence-corrected chi connectivity index (χ0v) is 22.3. The van der Waals surface area contributed by atoms with Crippen molar-refractivity contribution >= 4 is 17.5 Å². The average molecular weight is 504 g/mol. The number of carbonyl (C=O) groups is 2. The molecule has 0 fully saturated rings. The van der Waals surface area contributed by atoms with Crippen LogP contribution in [0.2, 0.25) is 0 Å². The fraction of sp³-hybridized carbons (Fsp3) is 0.448. The van der Waals surface area contributed by atoms with Crippen molar-refractivity contribution in [1.29, 1.82) is 0 Å². The van der Waals surface area contributed by atoms with E-state index in [0.717, 1.165) is 49.0 Å². The molecule has 1 aliphatic heterocycles. The van der Waals surface area contributed by atoms with Gasteiger partial charge in [-0.25, -0.2) is 4.68 Å². The lowest BCUT2D eigenvalue weighted by atomic mass is 10.0. The highest BCUT2D eigenvalue weighted by molar-refractivity contribution is 5.96. The zero-order chi connectivity index (χ0) is 26.4. The summed E-state index contributed by atoms with van der Waals surface area (Å²) < 4.78 is 7.14. The van der Waals surface area contributed by atoms with Crippen molar-refractivity contribution in [1.82, 2.24) is 19.9 Å². The second-order valence-corrected chi connectivity index (χ2v) is 9.87. The fourth-order valence-corrected chi connectivity index (χ4v) is 4.84. The van der Waals surface area contributed by atoms with Crippen LogP contribution in [0, 0.1) is 12.8 Å². The maximum absolute atomic E-state index is 13.9. The first-order valence-electron chi connectivity index (χ1n) is 13.2. The van der Waals surface area contributed by atoms with Gasteiger partial charge >= 0.3 is 0 Å². The third-order valence-electron chi connectivity index (χ3n) is 6.91. The van der Waals surface area contributed by atoms with Crippen LogP contribution < -0.4 is 9.64 Å². The highest BCUT2D eigenvalue weighted by Gasteiger charge is 2.27. The van der Waals surface area contributed by atoms with Gasteiger partial charge in [-0.1, -0.05) is 68.7 Å². The number of amides is 2. The molecule has 37 heavy (non-hydrogen) atoms. The maximum atomic E-state index is 13.9. The molecular formula is C29H37N5O3. The molecule has 196 valence electrons. The molecule has 2 amide bonds. The smallest absolute Gasteiger partial charge is 0.276 e. The van der Waals surface area contributed by atoms with E-state index in [9.17, 15) is 9.59 Å². The molecule has 0 radical (unpaired) electrons. The van der Waals surface area contributed by atoms with Gasteiger partial charge in [-0.15, -0.1) is 5.10 Å². The molecule has 4 rings (SSSR count). The molecule has 0 saturated heterocycles. The highest BCUT2D eigenvalue weighted by Crippen LogP contribution is 2.27. The minimum absolute atomic E-state index is 0.105. The number of nitrogens with zero attached hydrogens (tertiary/aromatic N) is 5. The molecule has 8 heteroatoms. The van der Waals surface area contributed by atoms with Crippen molar-refractivity contribution in [2.24, 2.45) is 5.92 Å². The molecule has 0 atom stereocenters. The minimum Gasteiger partial charge on any atom is -0.494 e. The number of rotatable bonds is 4. The van der Waals surface area contributed by atoms with Crippen LogP contribution in [0.15, 0.2) is 48.5 Å². The molecule has 0 spiro atoms. The van der Waals surface area contributed by atoms with Gasteiger partial charge in [0.25, 0.3) is 5.91 Å². The lowest BCUT2D eigenvalue weighted by Crippen LogP contribution is -2.37. The number of hydrogen-bond acceptors (Lipinski definition) is 5. The molecule has 0 N–H and O–H groups in total. The number of anilines is 1. The quantitative estimate of drug-likeness (QED) is 0.490. The van der Waals surface area contributed by atoms with Gasteiger partial charge in [0.2, 0.25) is 5.91 Å². The number of hydrogen-bond donors (Lipinski definition) is 0. The Morgan fingerprint density at radius 3 is 2.27 bits per heavy atom. The summed E-state index contributed by atoms with van der Waals surface area (Å²) in [5.74, 6) is 0.501. The number of methoxy groups -OCH3 is 1. The van der Waals surface area contributed by atoms with E-state index < -0.39 is 0 Å². The molecule has 8 nitrogen and oxygen atoms in total. The van der Waals surface area contributed by atoms with Crippen molar-refractivity contribution in [2.75, 3.05) is 25.1 Å². The molecule has 2 heterocycles. The summed E-state index contributed by atoms with van der Waals surface area (Å²) in [5, 5.41) is 8.59. The number of carbonyl (C=O) groups excluding carboxylic acids is 2. The van der Waals surface area contributed by atoms with Crippen molar-refractivity contribution in [2.45, 2.75) is 59.4 Å². The van der Waals surface area contributed by atoms with Crippen LogP contribution in [-0.4, -0.2) is 51.9 Å². The largest absolute Gasteiger partial charge is 0.494 e. The van der Waals surface area contributed by atoms with E-state index in [0.29, 0.717) is 36.8 Å². The van der Waals surface area contributed by atoms with Crippen molar-refractivity contribution in [3.63, 3.8) is 0 Å². The van der Waals surface area contributed by atoms with Crippen LogP contribution in [-0.2, 0) is 11.3 Å². The molecule has 1 aliphatic rings. The summed E-state index contributed by atoms with van der Waals surface area (Å²) in [6.07, 6.45) is 5.07. The Bertz CT molecular complexity index is 1240. The van der Waals surface area contributed by atoms with E-state index >= 15 is 0 Å². The van der Waals surface area contributed by atoms with Gasteiger partial charge in [-0.2, -0.15) is 0 Å². The van der Waals surface area contributed by atoms with Crippen LogP contribution in [0.1, 0.15) is 67.7 Å². The number of benzene rings is 2. The molecule has 0 bridgehead atoms. The molecule has 2 aromatic carbocycles. The van der Waals surface area contributed by atoms with Crippen LogP contribution >= 0.6 is 0 Å². The topological polar surface area (TPSA) is 80.6 Å². The molecule has 3 aromatic rings. The molecular weight excluding hydrogens is 466 g/mol. The van der Waals surface area contributed by atoms with E-state index in [-0.39, 0.29) is 17.7 Å². The van der Waals surface area contributed by atoms with Gasteiger partial charge < -0.3 is 14.5 Å². The maximum Gasteiger partial charge on any atom is 0.276 e. The van der Waals surface area contributed by atoms with E-state index in [1.807, 2.05) is 79.1 Å². The Balaban J connectivity index is 1.69. The van der Waals surface area contributed by atoms with Gasteiger partial charge in [0.1, 0.15) is 11.4 Å². The van der Waals surface area contributed by atoms with Gasteiger partial charge in [-0.05, 0) is 43.5 Å². The third-order valence-corrected chi connectivity index (χ3v) is 6.91. The van der Waals surface area contributed by atoms with Crippen molar-refractivity contribution in [3.8, 4) is 11.4 Å². The lowest BCUT2D eigenvalue weighted by molar-refractivity contribution is -0.121. The Labute approximate surface area is 219 Å². The fourth-order valence-electron chi connectivity index (χ4n) is 4.84. The minimum atomic E-state index is -0.160. The third kappa shape index (κ3) is 5.84. The van der Waals surface area contributed by atoms with Crippen LogP contribution in [0.4, 0.5) is 5.69 Å². The molecule has 1 aromatic heterocycles. The van der Waals surface area contributed by atoms with Crippen LogP contribution in [0.25, 0.3) is 5.69 Å². The van der Waals surface area contributed by atoms with Gasteiger partial charge in [0, 0.05) is 31.2 Å². The summed E-state index contributed by atoms with van der Waals surface area (Å²) in [7, 11) is 1.61. The standard InChI is InChI=1S/C29H37N5O3/c1-21(2)28(35)33-19-13-7-5-6-12-18-32(20-23-14-8-9-15-24(23)33)29(36)27-22(3)34(31-30-27)25-16-10-11-17-26(25)37-4/h8-11,14-17,21H,5-7,12-13,18-20H2,1-4H3. The monoisotopic (exact) mass is 503 g/mol. The lowest BCUT2D eigenvalue weighted by Gasteiger charge is -2.30. The number of fused-ring (bicyclic) bond motifs is 1. The number of para-hydroxylation sites is 3. The first kappa shape index (κ1) is 26.4. The molecule has 0 unspecified atom stereocenters. The van der Waals surface area contributed by atoms with Crippen molar-refractivity contribution in [3.05, 3.63) is 65.5 Å². The summed E-state index contributed by atoms with van der Waals surface area (Å²) in [6, 6.07) is 15.5. The van der Waals surface area contributed by atoms with Crippen LogP contribution in [0.5, 0.6) is 5.75 Å². The molecule has 0 saturated carbocycles. The first-order valence-corrected chi connectivity index (χ1v) is 13.2. The van der Waals surface area contributed by atoms with E-state index in [1.165, 1.54) is 0 Å². The number of ether oxygens (including phenoxy) is 1. The van der Waals surface area contributed by atoms with E-state index in [4.69, 9.17) is 4.74 Å². The van der Waals surface area contributed by atoms with Gasteiger partial charge in [-0.3, -0.25) is 9.59 Å². The predicted molar refractivity (Wildman–Crippen MR) is 144 cm³/mol. The first-order chi connectivity index (χ1) is 17.9. The average Bonchev–Trinajstić information content (AvgIpc) is 3.29. The predicted octanol–water partition coefficient (Wildman–Crippen LogP) is 5.18. The number of aromatic nitrogens is 3. The molecule has 0 aliphatic carbocycles. The van der Waals surface area contributed by atoms with E-state index in [2.05, 4.69) is 10.3 Å². The van der Waals surface area contributed by atoms with E-state index in [1.54, 1.807) is 11.8 Å². The van der Waals surface area contributed by atoms with Gasteiger partial charge in [0.15, 0.2) is 5.69 Å². The van der Waals surface area contributed by atoms with Gasteiger partial charge in [0.05, 0.1) is 12.8 Å². The second kappa shape index (κ2) is 12.0. The zero-order valence-electron chi connectivity index (χ0n) is 22.3. The summed E-state index contributed by atoms with van der Waals surface area (Å²) in [5.41, 5.74) is 3.56. The Morgan fingerprint density at radius 1 is 0.892 bits per heavy atom. The Kier molecular flexibility index (Phi) is 8.58. The van der Waals surface area contributed by atoms with Crippen molar-refractivity contribution < 1.29 is 14.3 Å².